The number of carbonyl (C=O) groups excluding carboxylic acids is 3. The van der Waals surface area contributed by atoms with Gasteiger partial charge in [-0.15, -0.1) is 0 Å². The number of carbonyl (C=O) groups is 3. The van der Waals surface area contributed by atoms with Crippen LogP contribution in [0.15, 0.2) is 60.7 Å². The van der Waals surface area contributed by atoms with E-state index in [0.717, 1.165) is 16.7 Å². The first-order chi connectivity index (χ1) is 19.2. The standard InChI is InChI=1S/C31H31F2N3O4/c32-24-7-6-23-15-31(16-28(38)25(23)14-24)9-11-36(12-10-31)30(40)35-18-22-5-8-27(33)26(13-22)29(39)34-17-20-1-3-21(19-37)4-2-20/h1-8,13-14,37H,9-12,15-19H2,(H,34,39)(H,35,40). The Balaban J connectivity index is 1.14. The summed E-state index contributed by atoms with van der Waals surface area (Å²) in [6.45, 7) is 1.24. The summed E-state index contributed by atoms with van der Waals surface area (Å²) in [6.07, 6.45) is 2.39. The van der Waals surface area contributed by atoms with Crippen LogP contribution >= 0.6 is 0 Å². The molecule has 0 atom stereocenters. The van der Waals surface area contributed by atoms with Gasteiger partial charge in [-0.25, -0.2) is 13.6 Å². The molecule has 3 aromatic carbocycles. The van der Waals surface area contributed by atoms with Crippen LogP contribution in [-0.4, -0.2) is 40.8 Å². The van der Waals surface area contributed by atoms with Gasteiger partial charge in [0, 0.05) is 38.2 Å². The second-order valence-electron chi connectivity index (χ2n) is 10.7. The molecule has 1 aliphatic heterocycles. The van der Waals surface area contributed by atoms with Crippen LogP contribution in [0.1, 0.15) is 62.2 Å². The molecular formula is C31H31F2N3O4. The number of urea groups is 1. The number of piperidine rings is 1. The number of ketones is 1. The Labute approximate surface area is 231 Å². The minimum atomic E-state index is -0.657. The summed E-state index contributed by atoms with van der Waals surface area (Å²) < 4.78 is 28.0. The Morgan fingerprint density at radius 3 is 2.25 bits per heavy atom. The van der Waals surface area contributed by atoms with Gasteiger partial charge >= 0.3 is 6.03 Å². The number of fused-ring (bicyclic) bond motifs is 1. The summed E-state index contributed by atoms with van der Waals surface area (Å²) >= 11 is 0. The fourth-order valence-electron chi connectivity index (χ4n) is 5.59. The van der Waals surface area contributed by atoms with Crippen molar-refractivity contribution in [1.82, 2.24) is 15.5 Å². The topological polar surface area (TPSA) is 98.7 Å². The third-order valence-corrected chi connectivity index (χ3v) is 7.96. The van der Waals surface area contributed by atoms with E-state index in [2.05, 4.69) is 10.6 Å². The van der Waals surface area contributed by atoms with Crippen molar-refractivity contribution < 1.29 is 28.3 Å². The largest absolute Gasteiger partial charge is 0.392 e. The molecule has 40 heavy (non-hydrogen) atoms. The lowest BCUT2D eigenvalue weighted by Crippen LogP contribution is -2.49. The number of benzene rings is 3. The Bertz CT molecular complexity index is 1430. The van der Waals surface area contributed by atoms with Crippen molar-refractivity contribution in [2.75, 3.05) is 13.1 Å². The molecule has 9 heteroatoms. The maximum absolute atomic E-state index is 14.4. The van der Waals surface area contributed by atoms with Crippen LogP contribution in [-0.2, 0) is 26.1 Å². The van der Waals surface area contributed by atoms with Crippen molar-refractivity contribution in [2.24, 2.45) is 5.41 Å². The minimum absolute atomic E-state index is 0.0468. The van der Waals surface area contributed by atoms with Gasteiger partial charge in [0.05, 0.1) is 12.2 Å². The van der Waals surface area contributed by atoms with E-state index in [1.54, 1.807) is 35.2 Å². The van der Waals surface area contributed by atoms with Crippen LogP contribution in [0, 0.1) is 17.0 Å². The predicted octanol–water partition coefficient (Wildman–Crippen LogP) is 4.51. The van der Waals surface area contributed by atoms with E-state index in [1.807, 2.05) is 0 Å². The molecule has 208 valence electrons. The third kappa shape index (κ3) is 6.04. The number of halogens is 2. The van der Waals surface area contributed by atoms with E-state index < -0.39 is 17.5 Å². The molecule has 2 aliphatic rings. The van der Waals surface area contributed by atoms with Gasteiger partial charge in [-0.05, 0) is 71.2 Å². The van der Waals surface area contributed by atoms with Gasteiger partial charge in [0.25, 0.3) is 5.91 Å². The SMILES string of the molecule is O=C(NCc1ccc(CO)cc1)c1cc(CNC(=O)N2CCC3(CC2)CC(=O)c2cc(F)ccc2C3)ccc1F. The molecule has 3 N–H and O–H groups in total. The van der Waals surface area contributed by atoms with Gasteiger partial charge in [0.15, 0.2) is 5.78 Å². The van der Waals surface area contributed by atoms with Gasteiger partial charge < -0.3 is 20.6 Å². The molecule has 1 heterocycles. The van der Waals surface area contributed by atoms with E-state index in [1.165, 1.54) is 30.3 Å². The molecule has 0 bridgehead atoms. The summed E-state index contributed by atoms with van der Waals surface area (Å²) in [5.41, 5.74) is 3.16. The van der Waals surface area contributed by atoms with Crippen LogP contribution in [0.3, 0.4) is 0 Å². The van der Waals surface area contributed by atoms with Crippen LogP contribution in [0.4, 0.5) is 13.6 Å². The zero-order valence-electron chi connectivity index (χ0n) is 22.0. The maximum Gasteiger partial charge on any atom is 0.317 e. The highest BCUT2D eigenvalue weighted by atomic mass is 19.1. The van der Waals surface area contributed by atoms with Crippen LogP contribution in [0.5, 0.6) is 0 Å². The summed E-state index contributed by atoms with van der Waals surface area (Å²) in [7, 11) is 0. The zero-order chi connectivity index (χ0) is 28.3. The predicted molar refractivity (Wildman–Crippen MR) is 144 cm³/mol. The number of Topliss-reactive ketones (excluding diaryl/α,β-unsaturated/α-hetero) is 1. The van der Waals surface area contributed by atoms with Crippen molar-refractivity contribution in [3.05, 3.63) is 106 Å². The molecule has 1 saturated heterocycles. The van der Waals surface area contributed by atoms with Crippen LogP contribution < -0.4 is 10.6 Å². The minimum Gasteiger partial charge on any atom is -0.392 e. The van der Waals surface area contributed by atoms with Gasteiger partial charge in [-0.2, -0.15) is 0 Å². The first kappa shape index (κ1) is 27.5. The maximum atomic E-state index is 14.4. The van der Waals surface area contributed by atoms with E-state index in [-0.39, 0.29) is 42.5 Å². The number of amides is 3. The molecule has 0 saturated carbocycles. The van der Waals surface area contributed by atoms with E-state index >= 15 is 0 Å². The first-order valence-electron chi connectivity index (χ1n) is 13.3. The molecule has 0 unspecified atom stereocenters. The number of hydrogen-bond donors (Lipinski definition) is 3. The van der Waals surface area contributed by atoms with Gasteiger partial charge in [0.1, 0.15) is 11.6 Å². The van der Waals surface area contributed by atoms with E-state index in [0.29, 0.717) is 49.9 Å². The van der Waals surface area contributed by atoms with Crippen molar-refractivity contribution in [1.29, 1.82) is 0 Å². The number of hydrogen-bond acceptors (Lipinski definition) is 4. The number of nitrogens with one attached hydrogen (secondary N) is 2. The Kier molecular flexibility index (Phi) is 7.93. The third-order valence-electron chi connectivity index (χ3n) is 7.96. The molecule has 3 amide bonds. The van der Waals surface area contributed by atoms with E-state index in [4.69, 9.17) is 5.11 Å². The average Bonchev–Trinajstić information content (AvgIpc) is 2.96. The summed E-state index contributed by atoms with van der Waals surface area (Å²) in [5.74, 6) is -1.68. The summed E-state index contributed by atoms with van der Waals surface area (Å²) in [5, 5.41) is 14.7. The quantitative estimate of drug-likeness (QED) is 0.423. The zero-order valence-corrected chi connectivity index (χ0v) is 22.0. The molecule has 0 aromatic heterocycles. The molecule has 1 fully saturated rings. The second kappa shape index (κ2) is 11.6. The number of aliphatic hydroxyl groups is 1. The highest BCUT2D eigenvalue weighted by molar-refractivity contribution is 5.99. The van der Waals surface area contributed by atoms with Crippen molar-refractivity contribution in [3.8, 4) is 0 Å². The lowest BCUT2D eigenvalue weighted by molar-refractivity contribution is 0.0735. The van der Waals surface area contributed by atoms with Gasteiger partial charge in [0.2, 0.25) is 0 Å². The number of likely N-dealkylation sites (tertiary alicyclic amines) is 1. The summed E-state index contributed by atoms with van der Waals surface area (Å²) in [6, 6.07) is 15.4. The molecule has 1 spiro atoms. The molecule has 0 radical (unpaired) electrons. The lowest BCUT2D eigenvalue weighted by Gasteiger charge is -2.44. The van der Waals surface area contributed by atoms with Crippen LogP contribution in [0.25, 0.3) is 0 Å². The van der Waals surface area contributed by atoms with Gasteiger partial charge in [-0.3, -0.25) is 9.59 Å². The smallest absolute Gasteiger partial charge is 0.317 e. The van der Waals surface area contributed by atoms with Crippen molar-refractivity contribution in [3.63, 3.8) is 0 Å². The molecule has 1 aliphatic carbocycles. The van der Waals surface area contributed by atoms with Gasteiger partial charge in [-0.1, -0.05) is 36.4 Å². The Hall–Kier alpha value is -4.11. The van der Waals surface area contributed by atoms with Crippen molar-refractivity contribution >= 4 is 17.7 Å². The fraction of sp³-hybridized carbons (Fsp3) is 0.323. The summed E-state index contributed by atoms with van der Waals surface area (Å²) in [4.78, 5) is 39.9. The monoisotopic (exact) mass is 547 g/mol. The normalized spacial score (nSPS) is 16.0. The number of aliphatic hydroxyl groups excluding tert-OH is 1. The first-order valence-corrected chi connectivity index (χ1v) is 13.3. The molecule has 3 aromatic rings. The number of rotatable bonds is 6. The fourth-order valence-corrected chi connectivity index (χ4v) is 5.59. The highest BCUT2D eigenvalue weighted by Crippen LogP contribution is 2.43. The Morgan fingerprint density at radius 1 is 0.850 bits per heavy atom. The molecule has 5 rings (SSSR count). The highest BCUT2D eigenvalue weighted by Gasteiger charge is 2.41. The average molecular weight is 548 g/mol. The lowest BCUT2D eigenvalue weighted by atomic mass is 9.66. The molecular weight excluding hydrogens is 516 g/mol. The molecule has 7 nitrogen and oxygen atoms in total. The van der Waals surface area contributed by atoms with Crippen molar-refractivity contribution in [2.45, 2.75) is 45.4 Å². The van der Waals surface area contributed by atoms with E-state index in [9.17, 15) is 23.2 Å². The van der Waals surface area contributed by atoms with Crippen LogP contribution in [0.2, 0.25) is 0 Å². The Morgan fingerprint density at radius 2 is 1.52 bits per heavy atom. The number of nitrogens with zero attached hydrogens (tertiary/aromatic N) is 1. The second-order valence-corrected chi connectivity index (χ2v) is 10.7.